The molecule has 0 aromatic heterocycles. The predicted molar refractivity (Wildman–Crippen MR) is 69.9 cm³/mol. The smallest absolute Gasteiger partial charge is 0.225 e. The molecule has 7 heteroatoms. The monoisotopic (exact) mass is 270 g/mol. The SMILES string of the molecule is NC(CN1CCC(NC(=O)C2CCOC2)CC1)=NO. The third-order valence-electron chi connectivity index (χ3n) is 3.75. The Balaban J connectivity index is 1.69. The predicted octanol–water partition coefficient (Wildman–Crippen LogP) is -0.650. The van der Waals surface area contributed by atoms with E-state index in [1.165, 1.54) is 0 Å². The molecule has 2 aliphatic rings. The van der Waals surface area contributed by atoms with E-state index in [0.29, 0.717) is 19.8 Å². The molecule has 0 saturated carbocycles. The number of carbonyl (C=O) groups is 1. The maximum atomic E-state index is 11.9. The van der Waals surface area contributed by atoms with Crippen LogP contribution in [0.1, 0.15) is 19.3 Å². The molecule has 1 amide bonds. The molecule has 1 atom stereocenters. The number of nitrogens with two attached hydrogens (primary N) is 1. The van der Waals surface area contributed by atoms with Gasteiger partial charge in [0, 0.05) is 25.7 Å². The van der Waals surface area contributed by atoms with Crippen molar-refractivity contribution in [1.82, 2.24) is 10.2 Å². The van der Waals surface area contributed by atoms with Crippen LogP contribution < -0.4 is 11.1 Å². The number of piperidine rings is 1. The minimum Gasteiger partial charge on any atom is -0.409 e. The van der Waals surface area contributed by atoms with Crippen LogP contribution in [-0.2, 0) is 9.53 Å². The van der Waals surface area contributed by atoms with Gasteiger partial charge < -0.3 is 21.0 Å². The van der Waals surface area contributed by atoms with Gasteiger partial charge in [0.1, 0.15) is 0 Å². The Labute approximate surface area is 112 Å². The number of likely N-dealkylation sites (tertiary alicyclic amines) is 1. The normalized spacial score (nSPS) is 26.5. The zero-order valence-electron chi connectivity index (χ0n) is 11.0. The fourth-order valence-electron chi connectivity index (χ4n) is 2.56. The van der Waals surface area contributed by atoms with E-state index in [1.54, 1.807) is 0 Å². The van der Waals surface area contributed by atoms with Crippen molar-refractivity contribution < 1.29 is 14.7 Å². The fraction of sp³-hybridized carbons (Fsp3) is 0.833. The lowest BCUT2D eigenvalue weighted by atomic mass is 10.0. The third kappa shape index (κ3) is 4.07. The standard InChI is InChI=1S/C12H22N4O3/c13-11(15-18)7-16-4-1-10(2-5-16)14-12(17)9-3-6-19-8-9/h9-10,18H,1-8H2,(H2,13,15)(H,14,17). The maximum Gasteiger partial charge on any atom is 0.225 e. The van der Waals surface area contributed by atoms with E-state index in [1.807, 2.05) is 0 Å². The van der Waals surface area contributed by atoms with Gasteiger partial charge in [-0.05, 0) is 19.3 Å². The number of oxime groups is 1. The molecule has 2 saturated heterocycles. The van der Waals surface area contributed by atoms with Crippen LogP contribution in [0.5, 0.6) is 0 Å². The highest BCUT2D eigenvalue weighted by molar-refractivity contribution is 5.81. The Morgan fingerprint density at radius 2 is 2.16 bits per heavy atom. The molecule has 0 radical (unpaired) electrons. The van der Waals surface area contributed by atoms with Crippen LogP contribution in [0, 0.1) is 5.92 Å². The van der Waals surface area contributed by atoms with E-state index >= 15 is 0 Å². The number of carbonyl (C=O) groups excluding carboxylic acids is 1. The van der Waals surface area contributed by atoms with Crippen LogP contribution >= 0.6 is 0 Å². The lowest BCUT2D eigenvalue weighted by molar-refractivity contribution is -0.126. The Morgan fingerprint density at radius 3 is 2.74 bits per heavy atom. The first kappa shape index (κ1) is 14.1. The van der Waals surface area contributed by atoms with Gasteiger partial charge in [-0.15, -0.1) is 0 Å². The molecule has 0 aromatic carbocycles. The number of hydrogen-bond acceptors (Lipinski definition) is 5. The molecule has 2 fully saturated rings. The number of rotatable bonds is 4. The summed E-state index contributed by atoms with van der Waals surface area (Å²) < 4.78 is 5.22. The Hall–Kier alpha value is -1.34. The molecular formula is C12H22N4O3. The number of hydrogen-bond donors (Lipinski definition) is 3. The largest absolute Gasteiger partial charge is 0.409 e. The number of ether oxygens (including phenoxy) is 1. The van der Waals surface area contributed by atoms with Crippen molar-refractivity contribution in [2.45, 2.75) is 25.3 Å². The topological polar surface area (TPSA) is 100 Å². The van der Waals surface area contributed by atoms with Gasteiger partial charge in [0.25, 0.3) is 0 Å². The van der Waals surface area contributed by atoms with Gasteiger partial charge in [-0.25, -0.2) is 0 Å². The van der Waals surface area contributed by atoms with Crippen molar-refractivity contribution in [2.75, 3.05) is 32.8 Å². The van der Waals surface area contributed by atoms with Crippen LogP contribution in [0.2, 0.25) is 0 Å². The second kappa shape index (κ2) is 6.72. The van der Waals surface area contributed by atoms with E-state index in [2.05, 4.69) is 15.4 Å². The third-order valence-corrected chi connectivity index (χ3v) is 3.75. The molecule has 108 valence electrons. The van der Waals surface area contributed by atoms with Gasteiger partial charge in [-0.2, -0.15) is 0 Å². The van der Waals surface area contributed by atoms with E-state index < -0.39 is 0 Å². The summed E-state index contributed by atoms with van der Waals surface area (Å²) in [5, 5.41) is 14.6. The lowest BCUT2D eigenvalue weighted by Gasteiger charge is -2.32. The second-order valence-electron chi connectivity index (χ2n) is 5.21. The number of nitrogens with zero attached hydrogens (tertiary/aromatic N) is 2. The van der Waals surface area contributed by atoms with Gasteiger partial charge in [-0.3, -0.25) is 9.69 Å². The van der Waals surface area contributed by atoms with Gasteiger partial charge in [0.2, 0.25) is 5.91 Å². The summed E-state index contributed by atoms with van der Waals surface area (Å²) in [6.45, 7) is 3.42. The van der Waals surface area contributed by atoms with Crippen LogP contribution in [0.25, 0.3) is 0 Å². The minimum absolute atomic E-state index is 0.0233. The van der Waals surface area contributed by atoms with Gasteiger partial charge >= 0.3 is 0 Å². The van der Waals surface area contributed by atoms with E-state index in [-0.39, 0.29) is 23.7 Å². The van der Waals surface area contributed by atoms with Crippen molar-refractivity contribution in [3.8, 4) is 0 Å². The quantitative estimate of drug-likeness (QED) is 0.273. The molecule has 2 aliphatic heterocycles. The molecule has 2 rings (SSSR count). The summed E-state index contributed by atoms with van der Waals surface area (Å²) in [5.41, 5.74) is 5.48. The molecule has 2 heterocycles. The lowest BCUT2D eigenvalue weighted by Crippen LogP contribution is -2.48. The summed E-state index contributed by atoms with van der Waals surface area (Å²) in [5.74, 6) is 0.369. The Kier molecular flexibility index (Phi) is 4.98. The summed E-state index contributed by atoms with van der Waals surface area (Å²) >= 11 is 0. The fourth-order valence-corrected chi connectivity index (χ4v) is 2.56. The van der Waals surface area contributed by atoms with E-state index in [4.69, 9.17) is 15.7 Å². The zero-order valence-corrected chi connectivity index (χ0v) is 11.0. The average molecular weight is 270 g/mol. The zero-order chi connectivity index (χ0) is 13.7. The van der Waals surface area contributed by atoms with Gasteiger partial charge in [0.15, 0.2) is 5.84 Å². The number of nitrogens with one attached hydrogen (secondary N) is 1. The summed E-state index contributed by atoms with van der Waals surface area (Å²) in [6, 6.07) is 0.233. The van der Waals surface area contributed by atoms with Crippen LogP contribution in [0.3, 0.4) is 0 Å². The van der Waals surface area contributed by atoms with Crippen molar-refractivity contribution in [1.29, 1.82) is 0 Å². The molecule has 0 aliphatic carbocycles. The van der Waals surface area contributed by atoms with Crippen LogP contribution in [0.15, 0.2) is 5.16 Å². The van der Waals surface area contributed by atoms with Crippen molar-refractivity contribution in [3.05, 3.63) is 0 Å². The maximum absolute atomic E-state index is 11.9. The van der Waals surface area contributed by atoms with Gasteiger partial charge in [0.05, 0.1) is 19.1 Å². The van der Waals surface area contributed by atoms with Crippen molar-refractivity contribution >= 4 is 11.7 Å². The first-order valence-corrected chi connectivity index (χ1v) is 6.76. The average Bonchev–Trinajstić information content (AvgIpc) is 2.95. The van der Waals surface area contributed by atoms with Crippen LogP contribution in [0.4, 0.5) is 0 Å². The molecule has 4 N–H and O–H groups in total. The number of amidine groups is 1. The first-order valence-electron chi connectivity index (χ1n) is 6.76. The van der Waals surface area contributed by atoms with Gasteiger partial charge in [-0.1, -0.05) is 5.16 Å². The molecule has 0 aromatic rings. The van der Waals surface area contributed by atoms with Crippen molar-refractivity contribution in [2.24, 2.45) is 16.8 Å². The second-order valence-corrected chi connectivity index (χ2v) is 5.21. The summed E-state index contributed by atoms with van der Waals surface area (Å²) in [6.07, 6.45) is 2.63. The Bertz CT molecular complexity index is 334. The number of amides is 1. The highest BCUT2D eigenvalue weighted by atomic mass is 16.5. The molecule has 19 heavy (non-hydrogen) atoms. The molecule has 1 unspecified atom stereocenters. The molecule has 0 spiro atoms. The summed E-state index contributed by atoms with van der Waals surface area (Å²) in [4.78, 5) is 14.1. The van der Waals surface area contributed by atoms with E-state index in [9.17, 15) is 4.79 Å². The highest BCUT2D eigenvalue weighted by Gasteiger charge is 2.27. The first-order chi connectivity index (χ1) is 9.19. The van der Waals surface area contributed by atoms with Crippen molar-refractivity contribution in [3.63, 3.8) is 0 Å². The highest BCUT2D eigenvalue weighted by Crippen LogP contribution is 2.15. The summed E-state index contributed by atoms with van der Waals surface area (Å²) in [7, 11) is 0. The Morgan fingerprint density at radius 1 is 1.42 bits per heavy atom. The molecule has 7 nitrogen and oxygen atoms in total. The minimum atomic E-state index is 0.0233. The van der Waals surface area contributed by atoms with E-state index in [0.717, 1.165) is 32.4 Å². The molecular weight excluding hydrogens is 248 g/mol. The van der Waals surface area contributed by atoms with Crippen LogP contribution in [-0.4, -0.2) is 60.7 Å². The molecule has 0 bridgehead atoms.